The molecule has 0 aliphatic rings. The van der Waals surface area contributed by atoms with Gasteiger partial charge in [-0.15, -0.1) is 0 Å². The summed E-state index contributed by atoms with van der Waals surface area (Å²) in [5.74, 6) is -2.97. The summed E-state index contributed by atoms with van der Waals surface area (Å²) in [6, 6.07) is 3.08. The van der Waals surface area contributed by atoms with E-state index in [1.54, 1.807) is 13.0 Å². The van der Waals surface area contributed by atoms with Gasteiger partial charge in [-0.3, -0.25) is 4.79 Å². The molecule has 1 aromatic heterocycles. The molecule has 0 aliphatic carbocycles. The molecule has 0 saturated heterocycles. The lowest BCUT2D eigenvalue weighted by molar-refractivity contribution is 0.102. The van der Waals surface area contributed by atoms with E-state index in [0.717, 1.165) is 17.7 Å². The highest BCUT2D eigenvalue weighted by Gasteiger charge is 2.16. The monoisotopic (exact) mass is 297 g/mol. The summed E-state index contributed by atoms with van der Waals surface area (Å²) in [7, 11) is 0. The molecule has 3 N–H and O–H groups in total. The van der Waals surface area contributed by atoms with E-state index in [9.17, 15) is 13.6 Å². The van der Waals surface area contributed by atoms with Crippen LogP contribution >= 0.6 is 11.6 Å². The molecule has 1 amide bonds. The Hall–Kier alpha value is -2.21. The zero-order chi connectivity index (χ0) is 14.9. The van der Waals surface area contributed by atoms with Crippen LogP contribution in [0.15, 0.2) is 24.4 Å². The minimum atomic E-state index is -1.15. The average molecular weight is 298 g/mol. The molecule has 0 saturated carbocycles. The Balaban J connectivity index is 2.33. The Morgan fingerprint density at radius 3 is 2.65 bits per heavy atom. The van der Waals surface area contributed by atoms with Gasteiger partial charge in [-0.05, 0) is 24.6 Å². The molecule has 1 heterocycles. The van der Waals surface area contributed by atoms with Crippen molar-refractivity contribution < 1.29 is 13.6 Å². The van der Waals surface area contributed by atoms with Crippen LogP contribution in [0.2, 0.25) is 5.15 Å². The number of nitrogens with one attached hydrogen (secondary N) is 1. The maximum atomic E-state index is 13.2. The van der Waals surface area contributed by atoms with Gasteiger partial charge in [-0.1, -0.05) is 11.6 Å². The summed E-state index contributed by atoms with van der Waals surface area (Å²) in [5.41, 5.74) is 6.19. The first-order chi connectivity index (χ1) is 9.38. The summed E-state index contributed by atoms with van der Waals surface area (Å²) in [4.78, 5) is 15.9. The van der Waals surface area contributed by atoms with Crippen molar-refractivity contribution in [2.45, 2.75) is 6.92 Å². The van der Waals surface area contributed by atoms with Crippen LogP contribution in [0.1, 0.15) is 15.9 Å². The van der Waals surface area contributed by atoms with Crippen molar-refractivity contribution in [1.82, 2.24) is 4.98 Å². The van der Waals surface area contributed by atoms with Crippen molar-refractivity contribution in [2.24, 2.45) is 0 Å². The van der Waals surface area contributed by atoms with Gasteiger partial charge in [0.1, 0.15) is 0 Å². The first-order valence-electron chi connectivity index (χ1n) is 5.56. The summed E-state index contributed by atoms with van der Waals surface area (Å²) in [6.45, 7) is 1.77. The number of nitrogens with zero attached hydrogens (tertiary/aromatic N) is 1. The molecule has 0 spiro atoms. The first kappa shape index (κ1) is 14.2. The lowest BCUT2D eigenvalue weighted by Crippen LogP contribution is -2.15. The molecule has 0 radical (unpaired) electrons. The summed E-state index contributed by atoms with van der Waals surface area (Å²) in [6.07, 6.45) is 1.53. The molecule has 104 valence electrons. The van der Waals surface area contributed by atoms with Crippen LogP contribution in [-0.4, -0.2) is 10.9 Å². The number of aromatic nitrogens is 1. The van der Waals surface area contributed by atoms with Gasteiger partial charge >= 0.3 is 0 Å². The predicted molar refractivity (Wildman–Crippen MR) is 72.7 cm³/mol. The van der Waals surface area contributed by atoms with Crippen molar-refractivity contribution in [3.63, 3.8) is 0 Å². The Kier molecular flexibility index (Phi) is 3.85. The molecule has 0 bridgehead atoms. The van der Waals surface area contributed by atoms with Crippen molar-refractivity contribution in [3.05, 3.63) is 52.3 Å². The number of carbonyl (C=O) groups is 1. The van der Waals surface area contributed by atoms with Gasteiger partial charge in [0.2, 0.25) is 0 Å². The predicted octanol–water partition coefficient (Wildman–Crippen LogP) is 3.16. The normalized spacial score (nSPS) is 10.4. The third-order valence-corrected chi connectivity index (χ3v) is 2.86. The van der Waals surface area contributed by atoms with Crippen LogP contribution in [0, 0.1) is 18.6 Å². The Labute approximate surface area is 118 Å². The molecule has 0 aliphatic heterocycles. The number of anilines is 2. The van der Waals surface area contributed by atoms with Gasteiger partial charge in [-0.2, -0.15) is 0 Å². The maximum Gasteiger partial charge on any atom is 0.257 e. The molecule has 20 heavy (non-hydrogen) atoms. The van der Waals surface area contributed by atoms with E-state index in [0.29, 0.717) is 0 Å². The number of benzene rings is 1. The number of nitrogen functional groups attached to an aromatic ring is 1. The lowest BCUT2D eigenvalue weighted by atomic mass is 10.1. The van der Waals surface area contributed by atoms with Crippen molar-refractivity contribution in [2.75, 3.05) is 11.1 Å². The van der Waals surface area contributed by atoms with E-state index >= 15 is 0 Å². The second kappa shape index (κ2) is 5.42. The smallest absolute Gasteiger partial charge is 0.257 e. The van der Waals surface area contributed by atoms with E-state index in [-0.39, 0.29) is 22.1 Å². The number of rotatable bonds is 2. The summed E-state index contributed by atoms with van der Waals surface area (Å²) < 4.78 is 26.1. The van der Waals surface area contributed by atoms with Gasteiger partial charge in [0.25, 0.3) is 5.91 Å². The van der Waals surface area contributed by atoms with Crippen LogP contribution in [0.4, 0.5) is 20.2 Å². The second-order valence-electron chi connectivity index (χ2n) is 4.16. The second-order valence-corrected chi connectivity index (χ2v) is 4.52. The number of halogens is 3. The van der Waals surface area contributed by atoms with Crippen LogP contribution in [0.25, 0.3) is 0 Å². The average Bonchev–Trinajstić information content (AvgIpc) is 2.38. The minimum Gasteiger partial charge on any atom is -0.398 e. The van der Waals surface area contributed by atoms with E-state index in [4.69, 9.17) is 17.3 Å². The number of carbonyl (C=O) groups excluding carboxylic acids is 1. The molecule has 0 fully saturated rings. The Morgan fingerprint density at radius 2 is 1.95 bits per heavy atom. The fourth-order valence-corrected chi connectivity index (χ4v) is 1.74. The zero-order valence-corrected chi connectivity index (χ0v) is 11.1. The largest absolute Gasteiger partial charge is 0.398 e. The number of pyridine rings is 1. The highest BCUT2D eigenvalue weighted by atomic mass is 35.5. The Bertz CT molecular complexity index is 692. The highest BCUT2D eigenvalue weighted by molar-refractivity contribution is 6.32. The van der Waals surface area contributed by atoms with Crippen LogP contribution in [-0.2, 0) is 0 Å². The SMILES string of the molecule is Cc1cnc(Cl)c(NC(=O)c2cc(F)c(F)cc2N)c1. The van der Waals surface area contributed by atoms with E-state index in [1.807, 2.05) is 0 Å². The standard InChI is InChI=1S/C13H10ClF2N3O/c1-6-2-11(12(14)18-5-6)19-13(20)7-3-8(15)9(16)4-10(7)17/h2-5H,17H2,1H3,(H,19,20). The number of hydrogen-bond acceptors (Lipinski definition) is 3. The third kappa shape index (κ3) is 2.85. The van der Waals surface area contributed by atoms with Crippen LogP contribution in [0.3, 0.4) is 0 Å². The topological polar surface area (TPSA) is 68.0 Å². The van der Waals surface area contributed by atoms with Crippen molar-refractivity contribution >= 4 is 28.9 Å². The van der Waals surface area contributed by atoms with Gasteiger partial charge in [0.05, 0.1) is 11.3 Å². The number of nitrogens with two attached hydrogens (primary N) is 1. The first-order valence-corrected chi connectivity index (χ1v) is 5.94. The fourth-order valence-electron chi connectivity index (χ4n) is 1.59. The number of aryl methyl sites for hydroxylation is 1. The van der Waals surface area contributed by atoms with Gasteiger partial charge in [0, 0.05) is 18.0 Å². The molecular weight excluding hydrogens is 288 g/mol. The third-order valence-electron chi connectivity index (χ3n) is 2.56. The highest BCUT2D eigenvalue weighted by Crippen LogP contribution is 2.23. The summed E-state index contributed by atoms with van der Waals surface area (Å²) >= 11 is 5.83. The van der Waals surface area contributed by atoms with E-state index in [1.165, 1.54) is 6.20 Å². The van der Waals surface area contributed by atoms with Gasteiger partial charge in [0.15, 0.2) is 16.8 Å². The van der Waals surface area contributed by atoms with Crippen LogP contribution < -0.4 is 11.1 Å². The molecule has 2 rings (SSSR count). The van der Waals surface area contributed by atoms with Gasteiger partial charge in [-0.25, -0.2) is 13.8 Å². The molecular formula is C13H10ClF2N3O. The summed E-state index contributed by atoms with van der Waals surface area (Å²) in [5, 5.41) is 2.54. The molecule has 4 nitrogen and oxygen atoms in total. The van der Waals surface area contributed by atoms with Crippen molar-refractivity contribution in [3.8, 4) is 0 Å². The zero-order valence-electron chi connectivity index (χ0n) is 10.4. The molecule has 1 aromatic carbocycles. The molecule has 2 aromatic rings. The minimum absolute atomic E-state index is 0.0881. The fraction of sp³-hybridized carbons (Fsp3) is 0.0769. The van der Waals surface area contributed by atoms with Crippen LogP contribution in [0.5, 0.6) is 0 Å². The molecule has 7 heteroatoms. The molecule has 0 unspecified atom stereocenters. The Morgan fingerprint density at radius 1 is 1.30 bits per heavy atom. The van der Waals surface area contributed by atoms with Crippen molar-refractivity contribution in [1.29, 1.82) is 0 Å². The van der Waals surface area contributed by atoms with E-state index in [2.05, 4.69) is 10.3 Å². The quantitative estimate of drug-likeness (QED) is 0.661. The maximum absolute atomic E-state index is 13.2. The molecule has 0 atom stereocenters. The number of hydrogen-bond donors (Lipinski definition) is 2. The van der Waals surface area contributed by atoms with E-state index < -0.39 is 17.5 Å². The van der Waals surface area contributed by atoms with Gasteiger partial charge < -0.3 is 11.1 Å². The number of amides is 1. The lowest BCUT2D eigenvalue weighted by Gasteiger charge is -2.09.